The van der Waals surface area contributed by atoms with Gasteiger partial charge in [-0.15, -0.1) is 0 Å². The van der Waals surface area contributed by atoms with Crippen molar-refractivity contribution in [1.29, 1.82) is 0 Å². The Morgan fingerprint density at radius 1 is 0.941 bits per heavy atom. The molecule has 0 spiro atoms. The van der Waals surface area contributed by atoms with Crippen LogP contribution in [0.2, 0.25) is 0 Å². The van der Waals surface area contributed by atoms with Crippen LogP contribution in [-0.4, -0.2) is 36.6 Å². The van der Waals surface area contributed by atoms with Gasteiger partial charge in [-0.3, -0.25) is 4.90 Å². The zero-order valence-corrected chi connectivity index (χ0v) is 11.2. The molecule has 1 aliphatic carbocycles. The third-order valence-corrected chi connectivity index (χ3v) is 5.28. The summed E-state index contributed by atoms with van der Waals surface area (Å²) in [6, 6.07) is 1.69. The third-order valence-electron chi connectivity index (χ3n) is 5.28. The van der Waals surface area contributed by atoms with Gasteiger partial charge in [-0.1, -0.05) is 25.7 Å². The van der Waals surface area contributed by atoms with Crippen LogP contribution in [0.1, 0.15) is 57.8 Å². The van der Waals surface area contributed by atoms with Crippen molar-refractivity contribution in [2.45, 2.75) is 69.9 Å². The van der Waals surface area contributed by atoms with Gasteiger partial charge in [0.2, 0.25) is 0 Å². The molecule has 2 aliphatic heterocycles. The van der Waals surface area contributed by atoms with Gasteiger partial charge < -0.3 is 5.32 Å². The molecule has 0 aromatic heterocycles. The van der Waals surface area contributed by atoms with E-state index < -0.39 is 0 Å². The van der Waals surface area contributed by atoms with Gasteiger partial charge in [-0.2, -0.15) is 0 Å². The van der Waals surface area contributed by atoms with E-state index in [1.807, 2.05) is 0 Å². The number of hydrogen-bond acceptors (Lipinski definition) is 2. The first-order valence-corrected chi connectivity index (χ1v) is 7.91. The summed E-state index contributed by atoms with van der Waals surface area (Å²) in [4.78, 5) is 2.81. The minimum Gasteiger partial charge on any atom is -0.312 e. The lowest BCUT2D eigenvalue weighted by molar-refractivity contribution is 0.200. The summed E-state index contributed by atoms with van der Waals surface area (Å²) < 4.78 is 0. The van der Waals surface area contributed by atoms with Crippen molar-refractivity contribution >= 4 is 0 Å². The van der Waals surface area contributed by atoms with E-state index in [4.69, 9.17) is 0 Å². The smallest absolute Gasteiger partial charge is 0.0249 e. The molecule has 2 unspecified atom stereocenters. The second-order valence-corrected chi connectivity index (χ2v) is 6.39. The van der Waals surface area contributed by atoms with Crippen molar-refractivity contribution in [2.75, 3.05) is 19.6 Å². The zero-order valence-electron chi connectivity index (χ0n) is 11.2. The van der Waals surface area contributed by atoms with Crippen molar-refractivity contribution in [3.05, 3.63) is 0 Å². The second-order valence-electron chi connectivity index (χ2n) is 6.39. The van der Waals surface area contributed by atoms with Gasteiger partial charge in [-0.25, -0.2) is 0 Å². The molecular weight excluding hydrogens is 208 g/mol. The fourth-order valence-corrected chi connectivity index (χ4v) is 4.27. The maximum Gasteiger partial charge on any atom is 0.0249 e. The monoisotopic (exact) mass is 236 g/mol. The molecular formula is C15H28N2. The van der Waals surface area contributed by atoms with Crippen molar-refractivity contribution in [3.8, 4) is 0 Å². The highest BCUT2D eigenvalue weighted by Crippen LogP contribution is 2.30. The lowest BCUT2D eigenvalue weighted by Gasteiger charge is -2.30. The summed E-state index contributed by atoms with van der Waals surface area (Å²) in [5.41, 5.74) is 0. The highest BCUT2D eigenvalue weighted by atomic mass is 15.2. The molecule has 1 saturated carbocycles. The SMILES string of the molecule is C1CCC(CCN2CCCC2C2CCCN2)C1. The van der Waals surface area contributed by atoms with Gasteiger partial charge in [0.25, 0.3) is 0 Å². The first kappa shape index (κ1) is 12.0. The van der Waals surface area contributed by atoms with Gasteiger partial charge in [-0.05, 0) is 57.7 Å². The van der Waals surface area contributed by atoms with Gasteiger partial charge in [0.1, 0.15) is 0 Å². The van der Waals surface area contributed by atoms with Crippen LogP contribution >= 0.6 is 0 Å². The number of nitrogens with one attached hydrogen (secondary N) is 1. The lowest BCUT2D eigenvalue weighted by atomic mass is 10.0. The Kier molecular flexibility index (Phi) is 4.02. The fourth-order valence-electron chi connectivity index (χ4n) is 4.27. The Morgan fingerprint density at radius 3 is 2.59 bits per heavy atom. The van der Waals surface area contributed by atoms with Crippen LogP contribution in [-0.2, 0) is 0 Å². The molecule has 3 fully saturated rings. The van der Waals surface area contributed by atoms with Crippen LogP contribution in [0, 0.1) is 5.92 Å². The van der Waals surface area contributed by atoms with Crippen molar-refractivity contribution < 1.29 is 0 Å². The summed E-state index contributed by atoms with van der Waals surface area (Å²) in [6.07, 6.45) is 13.2. The summed E-state index contributed by atoms with van der Waals surface area (Å²) in [5.74, 6) is 1.06. The Balaban J connectivity index is 1.47. The molecule has 2 nitrogen and oxygen atoms in total. The molecule has 0 aromatic rings. The molecule has 0 radical (unpaired) electrons. The summed E-state index contributed by atoms with van der Waals surface area (Å²) >= 11 is 0. The van der Waals surface area contributed by atoms with Crippen LogP contribution in [0.15, 0.2) is 0 Å². The Labute approximate surface area is 106 Å². The highest BCUT2D eigenvalue weighted by molar-refractivity contribution is 4.92. The molecule has 3 aliphatic rings. The molecule has 3 rings (SSSR count). The summed E-state index contributed by atoms with van der Waals surface area (Å²) in [6.45, 7) is 4.01. The third kappa shape index (κ3) is 2.85. The predicted molar refractivity (Wildman–Crippen MR) is 72.2 cm³/mol. The minimum atomic E-state index is 0.820. The molecule has 2 atom stereocenters. The van der Waals surface area contributed by atoms with E-state index in [2.05, 4.69) is 10.2 Å². The first-order valence-electron chi connectivity index (χ1n) is 7.91. The molecule has 17 heavy (non-hydrogen) atoms. The maximum atomic E-state index is 3.71. The second kappa shape index (κ2) is 5.71. The first-order chi connectivity index (χ1) is 8.43. The van der Waals surface area contributed by atoms with E-state index in [1.54, 1.807) is 0 Å². The molecule has 0 amide bonds. The Morgan fingerprint density at radius 2 is 1.82 bits per heavy atom. The van der Waals surface area contributed by atoms with Crippen LogP contribution in [0.3, 0.4) is 0 Å². The number of nitrogens with zero attached hydrogens (tertiary/aromatic N) is 1. The van der Waals surface area contributed by atoms with Crippen LogP contribution < -0.4 is 5.32 Å². The number of rotatable bonds is 4. The quantitative estimate of drug-likeness (QED) is 0.807. The molecule has 2 heteroatoms. The van der Waals surface area contributed by atoms with E-state index in [1.165, 1.54) is 77.4 Å². The molecule has 1 N–H and O–H groups in total. The average molecular weight is 236 g/mol. The number of likely N-dealkylation sites (tertiary alicyclic amines) is 1. The zero-order chi connectivity index (χ0) is 11.5. The van der Waals surface area contributed by atoms with E-state index in [0.717, 1.165) is 18.0 Å². The Hall–Kier alpha value is -0.0800. The molecule has 0 aromatic carbocycles. The summed E-state index contributed by atoms with van der Waals surface area (Å²) in [5, 5.41) is 3.71. The van der Waals surface area contributed by atoms with Gasteiger partial charge >= 0.3 is 0 Å². The molecule has 0 bridgehead atoms. The average Bonchev–Trinajstić information content (AvgIpc) is 3.09. The van der Waals surface area contributed by atoms with Gasteiger partial charge in [0.15, 0.2) is 0 Å². The van der Waals surface area contributed by atoms with Crippen molar-refractivity contribution in [3.63, 3.8) is 0 Å². The van der Waals surface area contributed by atoms with E-state index in [9.17, 15) is 0 Å². The van der Waals surface area contributed by atoms with Crippen LogP contribution in [0.4, 0.5) is 0 Å². The van der Waals surface area contributed by atoms with Gasteiger partial charge in [0, 0.05) is 12.1 Å². The number of hydrogen-bond donors (Lipinski definition) is 1. The summed E-state index contributed by atoms with van der Waals surface area (Å²) in [7, 11) is 0. The Bertz CT molecular complexity index is 229. The molecule has 2 saturated heterocycles. The van der Waals surface area contributed by atoms with E-state index in [-0.39, 0.29) is 0 Å². The maximum absolute atomic E-state index is 3.71. The highest BCUT2D eigenvalue weighted by Gasteiger charge is 2.33. The van der Waals surface area contributed by atoms with Crippen LogP contribution in [0.5, 0.6) is 0 Å². The standard InChI is InChI=1S/C15H28N2/c1-2-6-13(5-1)9-12-17-11-4-8-15(17)14-7-3-10-16-14/h13-16H,1-12H2. The molecule has 98 valence electrons. The topological polar surface area (TPSA) is 15.3 Å². The van der Waals surface area contributed by atoms with Crippen molar-refractivity contribution in [2.24, 2.45) is 5.92 Å². The normalized spacial score (nSPS) is 36.0. The van der Waals surface area contributed by atoms with Gasteiger partial charge in [0.05, 0.1) is 0 Å². The van der Waals surface area contributed by atoms with E-state index in [0.29, 0.717) is 0 Å². The van der Waals surface area contributed by atoms with E-state index >= 15 is 0 Å². The van der Waals surface area contributed by atoms with Crippen LogP contribution in [0.25, 0.3) is 0 Å². The van der Waals surface area contributed by atoms with Crippen molar-refractivity contribution in [1.82, 2.24) is 10.2 Å². The largest absolute Gasteiger partial charge is 0.312 e. The molecule has 2 heterocycles. The minimum absolute atomic E-state index is 0.820. The fraction of sp³-hybridized carbons (Fsp3) is 1.00. The predicted octanol–water partition coefficient (Wildman–Crippen LogP) is 2.78. The lowest BCUT2D eigenvalue weighted by Crippen LogP contribution is -2.44.